The van der Waals surface area contributed by atoms with Gasteiger partial charge >= 0.3 is 0 Å². The molecule has 2 aromatic rings. The third-order valence-corrected chi connectivity index (χ3v) is 6.39. The number of nitrogens with zero attached hydrogens (tertiary/aromatic N) is 4. The van der Waals surface area contributed by atoms with E-state index in [1.807, 2.05) is 47.5 Å². The molecule has 3 aliphatic heterocycles. The van der Waals surface area contributed by atoms with Crippen LogP contribution in [0.1, 0.15) is 22.3 Å². The number of carbonyl (C=O) groups excluding carboxylic acids is 1. The van der Waals surface area contributed by atoms with Gasteiger partial charge in [0.15, 0.2) is 0 Å². The van der Waals surface area contributed by atoms with E-state index in [0.29, 0.717) is 6.54 Å². The molecule has 28 heavy (non-hydrogen) atoms. The van der Waals surface area contributed by atoms with E-state index in [0.717, 1.165) is 44.7 Å². The lowest BCUT2D eigenvalue weighted by Gasteiger charge is -2.61. The first-order valence-corrected chi connectivity index (χ1v) is 10.0. The zero-order valence-corrected chi connectivity index (χ0v) is 15.9. The molecule has 1 N–H and O–H groups in total. The Morgan fingerprint density at radius 3 is 2.68 bits per heavy atom. The molecular formula is C22H26N4O2. The number of aliphatic hydroxyl groups is 1. The molecule has 1 spiro atoms. The minimum absolute atomic E-state index is 0.0486. The number of likely N-dealkylation sites (tertiary alicyclic amines) is 1. The highest BCUT2D eigenvalue weighted by atomic mass is 16.3. The molecule has 2 atom stereocenters. The van der Waals surface area contributed by atoms with Gasteiger partial charge < -0.3 is 10.0 Å². The summed E-state index contributed by atoms with van der Waals surface area (Å²) in [6.45, 7) is 4.87. The molecule has 4 heterocycles. The van der Waals surface area contributed by atoms with Gasteiger partial charge in [-0.1, -0.05) is 24.3 Å². The normalized spacial score (nSPS) is 26.8. The Bertz CT molecular complexity index is 838. The van der Waals surface area contributed by atoms with Crippen molar-refractivity contribution in [2.75, 3.05) is 32.7 Å². The molecule has 3 saturated heterocycles. The maximum atomic E-state index is 13.1. The van der Waals surface area contributed by atoms with Gasteiger partial charge in [0.1, 0.15) is 0 Å². The van der Waals surface area contributed by atoms with Gasteiger partial charge in [0.2, 0.25) is 0 Å². The molecule has 3 aliphatic rings. The maximum absolute atomic E-state index is 13.1. The Hall–Kier alpha value is -2.28. The van der Waals surface area contributed by atoms with E-state index in [4.69, 9.17) is 0 Å². The topological polar surface area (TPSA) is 59.9 Å². The van der Waals surface area contributed by atoms with E-state index in [1.165, 1.54) is 5.56 Å². The van der Waals surface area contributed by atoms with Crippen LogP contribution in [0, 0.1) is 0 Å². The second kappa shape index (κ2) is 6.95. The molecule has 6 nitrogen and oxygen atoms in total. The first-order chi connectivity index (χ1) is 13.6. The number of hydrogen-bond acceptors (Lipinski definition) is 5. The fraction of sp³-hybridized carbons (Fsp3) is 0.455. The summed E-state index contributed by atoms with van der Waals surface area (Å²) in [5.74, 6) is 0.103. The molecule has 1 aromatic carbocycles. The highest BCUT2D eigenvalue weighted by molar-refractivity contribution is 5.94. The number of amides is 1. The van der Waals surface area contributed by atoms with Gasteiger partial charge in [0, 0.05) is 63.3 Å². The van der Waals surface area contributed by atoms with Crippen LogP contribution in [0.2, 0.25) is 0 Å². The maximum Gasteiger partial charge on any atom is 0.253 e. The highest BCUT2D eigenvalue weighted by Crippen LogP contribution is 2.39. The third kappa shape index (κ3) is 3.11. The first kappa shape index (κ1) is 17.8. The van der Waals surface area contributed by atoms with Gasteiger partial charge in [0.05, 0.1) is 11.6 Å². The Morgan fingerprint density at radius 2 is 1.93 bits per heavy atom. The van der Waals surface area contributed by atoms with Crippen molar-refractivity contribution in [1.29, 1.82) is 0 Å². The molecule has 3 fully saturated rings. The Morgan fingerprint density at radius 1 is 1.11 bits per heavy atom. The van der Waals surface area contributed by atoms with Gasteiger partial charge in [-0.15, -0.1) is 0 Å². The average Bonchev–Trinajstić information content (AvgIpc) is 3.08. The van der Waals surface area contributed by atoms with E-state index in [9.17, 15) is 9.90 Å². The molecule has 1 aromatic heterocycles. The summed E-state index contributed by atoms with van der Waals surface area (Å²) in [5.41, 5.74) is 1.91. The first-order valence-electron chi connectivity index (χ1n) is 10.0. The highest BCUT2D eigenvalue weighted by Gasteiger charge is 2.56. The number of aromatic nitrogens is 1. The quantitative estimate of drug-likeness (QED) is 0.871. The van der Waals surface area contributed by atoms with Crippen molar-refractivity contribution in [3.63, 3.8) is 0 Å². The molecule has 5 rings (SSSR count). The van der Waals surface area contributed by atoms with Crippen LogP contribution >= 0.6 is 0 Å². The molecule has 2 unspecified atom stereocenters. The van der Waals surface area contributed by atoms with Crippen LogP contribution in [0.15, 0.2) is 54.9 Å². The second-order valence-corrected chi connectivity index (χ2v) is 8.48. The van der Waals surface area contributed by atoms with Gasteiger partial charge in [-0.2, -0.15) is 0 Å². The van der Waals surface area contributed by atoms with Crippen molar-refractivity contribution < 1.29 is 9.90 Å². The van der Waals surface area contributed by atoms with E-state index in [1.54, 1.807) is 6.20 Å². The zero-order valence-electron chi connectivity index (χ0n) is 15.9. The number of rotatable bonds is 3. The van der Waals surface area contributed by atoms with Crippen molar-refractivity contribution in [2.24, 2.45) is 0 Å². The second-order valence-electron chi connectivity index (χ2n) is 8.48. The van der Waals surface area contributed by atoms with Crippen molar-refractivity contribution in [3.05, 3.63) is 66.0 Å². The number of hydrogen-bond donors (Lipinski definition) is 1. The Balaban J connectivity index is 1.34. The minimum atomic E-state index is -0.291. The van der Waals surface area contributed by atoms with Gasteiger partial charge in [-0.05, 0) is 30.2 Å². The molecule has 146 valence electrons. The van der Waals surface area contributed by atoms with Crippen molar-refractivity contribution in [2.45, 2.75) is 30.7 Å². The monoisotopic (exact) mass is 378 g/mol. The van der Waals surface area contributed by atoms with Gasteiger partial charge in [-0.3, -0.25) is 19.6 Å². The summed E-state index contributed by atoms with van der Waals surface area (Å²) in [4.78, 5) is 24.2. The van der Waals surface area contributed by atoms with E-state index >= 15 is 0 Å². The predicted octanol–water partition coefficient (Wildman–Crippen LogP) is 1.23. The van der Waals surface area contributed by atoms with Crippen LogP contribution in [-0.4, -0.2) is 81.1 Å². The molecule has 6 heteroatoms. The summed E-state index contributed by atoms with van der Waals surface area (Å²) in [5, 5.41) is 10.3. The van der Waals surface area contributed by atoms with Crippen LogP contribution < -0.4 is 0 Å². The van der Waals surface area contributed by atoms with Crippen molar-refractivity contribution >= 4 is 5.91 Å². The smallest absolute Gasteiger partial charge is 0.253 e. The lowest BCUT2D eigenvalue weighted by atomic mass is 9.83. The fourth-order valence-electron chi connectivity index (χ4n) is 5.26. The van der Waals surface area contributed by atoms with E-state index in [-0.39, 0.29) is 23.6 Å². The number of carbonyl (C=O) groups is 1. The van der Waals surface area contributed by atoms with Crippen LogP contribution in [0.25, 0.3) is 0 Å². The number of aliphatic hydroxyl groups excluding tert-OH is 1. The summed E-state index contributed by atoms with van der Waals surface area (Å²) in [7, 11) is 0. The van der Waals surface area contributed by atoms with Crippen molar-refractivity contribution in [3.8, 4) is 0 Å². The van der Waals surface area contributed by atoms with Gasteiger partial charge in [-0.25, -0.2) is 0 Å². The van der Waals surface area contributed by atoms with Gasteiger partial charge in [0.25, 0.3) is 5.91 Å². The number of pyridine rings is 1. The Kier molecular flexibility index (Phi) is 4.42. The molecule has 0 radical (unpaired) electrons. The molecule has 1 amide bonds. The van der Waals surface area contributed by atoms with Crippen LogP contribution in [0.3, 0.4) is 0 Å². The summed E-state index contributed by atoms with van der Waals surface area (Å²) in [6, 6.07) is 13.9. The number of benzene rings is 1. The molecule has 0 aliphatic carbocycles. The lowest BCUT2D eigenvalue weighted by molar-refractivity contribution is -0.108. The standard InChI is InChI=1S/C22H26N4O2/c27-20-9-19-12-25(21(28)18-6-2-1-3-7-18)16-22(26(19)13-20)14-24(15-22)11-17-5-4-8-23-10-17/h1-8,10,19-20,27H,9,11-16H2. The van der Waals surface area contributed by atoms with E-state index in [2.05, 4.69) is 20.9 Å². The number of fused-ring (bicyclic) bond motifs is 2. The largest absolute Gasteiger partial charge is 0.392 e. The third-order valence-electron chi connectivity index (χ3n) is 6.39. The average molecular weight is 378 g/mol. The summed E-state index contributed by atoms with van der Waals surface area (Å²) in [6.07, 6.45) is 4.18. The zero-order chi connectivity index (χ0) is 19.1. The van der Waals surface area contributed by atoms with Crippen LogP contribution in [-0.2, 0) is 6.54 Å². The summed E-state index contributed by atoms with van der Waals surface area (Å²) >= 11 is 0. The molecule has 0 bridgehead atoms. The van der Waals surface area contributed by atoms with Crippen LogP contribution in [0.4, 0.5) is 0 Å². The number of piperazine rings is 1. The molecular weight excluding hydrogens is 352 g/mol. The fourth-order valence-corrected chi connectivity index (χ4v) is 5.26. The summed E-state index contributed by atoms with van der Waals surface area (Å²) < 4.78 is 0. The molecule has 0 saturated carbocycles. The Labute approximate surface area is 165 Å². The van der Waals surface area contributed by atoms with Crippen LogP contribution in [0.5, 0.6) is 0 Å². The lowest BCUT2D eigenvalue weighted by Crippen LogP contribution is -2.78. The van der Waals surface area contributed by atoms with Crippen molar-refractivity contribution in [1.82, 2.24) is 19.7 Å². The predicted molar refractivity (Wildman–Crippen MR) is 106 cm³/mol. The minimum Gasteiger partial charge on any atom is -0.392 e. The van der Waals surface area contributed by atoms with E-state index < -0.39 is 0 Å². The SMILES string of the molecule is O=C(c1ccccc1)N1CC2CC(O)CN2C2(CN(Cc3cccnc3)C2)C1. The number of β-amino-alcohol motifs (C(OH)–C–C–N with tert-alkyl or cyclic N) is 1.